The van der Waals surface area contributed by atoms with E-state index in [1.54, 1.807) is 18.5 Å². The first kappa shape index (κ1) is 22.0. The van der Waals surface area contributed by atoms with E-state index in [1.165, 1.54) is 6.20 Å². The molecule has 8 nitrogen and oxygen atoms in total. The van der Waals surface area contributed by atoms with Gasteiger partial charge in [0.2, 0.25) is 0 Å². The third-order valence-electron chi connectivity index (χ3n) is 5.67. The van der Waals surface area contributed by atoms with Crippen LogP contribution in [0, 0.1) is 6.92 Å². The minimum absolute atomic E-state index is 0.232. The highest BCUT2D eigenvalue weighted by atomic mass is 79.9. The fourth-order valence-electron chi connectivity index (χ4n) is 4.10. The van der Waals surface area contributed by atoms with E-state index in [0.717, 1.165) is 17.4 Å². The molecular formula is C25H20BrN5O3. The highest BCUT2D eigenvalue weighted by Gasteiger charge is 2.28. The van der Waals surface area contributed by atoms with Crippen LogP contribution in [0.5, 0.6) is 0 Å². The Morgan fingerprint density at radius 3 is 2.82 bits per heavy atom. The zero-order chi connectivity index (χ0) is 23.7. The summed E-state index contributed by atoms with van der Waals surface area (Å²) in [5, 5.41) is 8.22. The SMILES string of the molecule is Cc1c(C(=O)Nc2cccc3cccnc23)oc2c1/C(=N/NC(=O)c1cncc(Br)c1)CCC2. The van der Waals surface area contributed by atoms with E-state index in [1.807, 2.05) is 37.3 Å². The first-order valence-corrected chi connectivity index (χ1v) is 11.6. The van der Waals surface area contributed by atoms with Crippen molar-refractivity contribution in [2.24, 2.45) is 5.10 Å². The van der Waals surface area contributed by atoms with Gasteiger partial charge in [0.05, 0.1) is 22.5 Å². The van der Waals surface area contributed by atoms with E-state index >= 15 is 0 Å². The van der Waals surface area contributed by atoms with E-state index in [0.29, 0.717) is 51.1 Å². The van der Waals surface area contributed by atoms with Crippen molar-refractivity contribution >= 4 is 50.0 Å². The number of carbonyl (C=O) groups is 2. The van der Waals surface area contributed by atoms with Crippen molar-refractivity contribution in [1.29, 1.82) is 0 Å². The number of hydrogen-bond acceptors (Lipinski definition) is 6. The van der Waals surface area contributed by atoms with Crippen molar-refractivity contribution in [3.05, 3.63) is 87.7 Å². The molecule has 3 heterocycles. The van der Waals surface area contributed by atoms with Gasteiger partial charge in [0.25, 0.3) is 11.8 Å². The second kappa shape index (κ2) is 9.18. The topological polar surface area (TPSA) is 109 Å². The first-order valence-electron chi connectivity index (χ1n) is 10.8. The van der Waals surface area contributed by atoms with Crippen molar-refractivity contribution < 1.29 is 14.0 Å². The second-order valence-corrected chi connectivity index (χ2v) is 8.85. The summed E-state index contributed by atoms with van der Waals surface area (Å²) in [5.74, 6) is 0.210. The van der Waals surface area contributed by atoms with Crippen LogP contribution >= 0.6 is 15.9 Å². The van der Waals surface area contributed by atoms with Crippen molar-refractivity contribution in [2.45, 2.75) is 26.2 Å². The Morgan fingerprint density at radius 2 is 1.97 bits per heavy atom. The molecule has 0 fully saturated rings. The van der Waals surface area contributed by atoms with Crippen LogP contribution in [0.3, 0.4) is 0 Å². The van der Waals surface area contributed by atoms with Gasteiger partial charge in [-0.05, 0) is 53.9 Å². The molecule has 1 aromatic carbocycles. The van der Waals surface area contributed by atoms with E-state index < -0.39 is 0 Å². The molecule has 2 amide bonds. The number of furan rings is 1. The van der Waals surface area contributed by atoms with Crippen molar-refractivity contribution in [3.63, 3.8) is 0 Å². The Bertz CT molecular complexity index is 1450. The number of hydrogen-bond donors (Lipinski definition) is 2. The zero-order valence-electron chi connectivity index (χ0n) is 18.3. The fourth-order valence-corrected chi connectivity index (χ4v) is 4.46. The molecule has 0 bridgehead atoms. The monoisotopic (exact) mass is 517 g/mol. The Morgan fingerprint density at radius 1 is 1.12 bits per heavy atom. The molecule has 170 valence electrons. The lowest BCUT2D eigenvalue weighted by Crippen LogP contribution is -2.22. The maximum atomic E-state index is 13.1. The van der Waals surface area contributed by atoms with Gasteiger partial charge in [-0.15, -0.1) is 0 Å². The molecule has 4 aromatic rings. The number of rotatable bonds is 4. The highest BCUT2D eigenvalue weighted by molar-refractivity contribution is 9.10. The molecule has 0 radical (unpaired) electrons. The van der Waals surface area contributed by atoms with Crippen LogP contribution in [0.15, 0.2) is 69.0 Å². The second-order valence-electron chi connectivity index (χ2n) is 7.93. The number of nitrogens with zero attached hydrogens (tertiary/aromatic N) is 3. The lowest BCUT2D eigenvalue weighted by Gasteiger charge is -2.13. The third-order valence-corrected chi connectivity index (χ3v) is 6.11. The molecule has 9 heteroatoms. The summed E-state index contributed by atoms with van der Waals surface area (Å²) < 4.78 is 6.68. The van der Waals surface area contributed by atoms with E-state index in [9.17, 15) is 9.59 Å². The third kappa shape index (κ3) is 4.22. The number of nitrogens with one attached hydrogen (secondary N) is 2. The largest absolute Gasteiger partial charge is 0.455 e. The van der Waals surface area contributed by atoms with Gasteiger partial charge in [0.1, 0.15) is 5.76 Å². The molecule has 5 rings (SSSR count). The van der Waals surface area contributed by atoms with Crippen molar-refractivity contribution in [3.8, 4) is 0 Å². The average Bonchev–Trinajstić information content (AvgIpc) is 3.20. The Balaban J connectivity index is 1.41. The average molecular weight is 518 g/mol. The summed E-state index contributed by atoms with van der Waals surface area (Å²) in [7, 11) is 0. The number of fused-ring (bicyclic) bond motifs is 2. The van der Waals surface area contributed by atoms with Crippen molar-refractivity contribution in [2.75, 3.05) is 5.32 Å². The molecule has 0 saturated carbocycles. The van der Waals surface area contributed by atoms with Crippen LogP contribution in [0.1, 0.15) is 50.6 Å². The van der Waals surface area contributed by atoms with Crippen LogP contribution in [0.2, 0.25) is 0 Å². The van der Waals surface area contributed by atoms with E-state index in [4.69, 9.17) is 4.42 Å². The maximum Gasteiger partial charge on any atom is 0.291 e. The first-order chi connectivity index (χ1) is 16.5. The van der Waals surface area contributed by atoms with E-state index in [-0.39, 0.29) is 17.6 Å². The molecule has 1 aliphatic rings. The van der Waals surface area contributed by atoms with E-state index in [2.05, 4.69) is 41.7 Å². The number of amides is 2. The van der Waals surface area contributed by atoms with Gasteiger partial charge < -0.3 is 9.73 Å². The van der Waals surface area contributed by atoms with Gasteiger partial charge in [0.15, 0.2) is 5.76 Å². The molecule has 1 aliphatic carbocycles. The molecule has 3 aromatic heterocycles. The van der Waals surface area contributed by atoms with Gasteiger partial charge in [0, 0.05) is 46.0 Å². The minimum Gasteiger partial charge on any atom is -0.455 e. The lowest BCUT2D eigenvalue weighted by atomic mass is 9.93. The number of aromatic nitrogens is 2. The standard InChI is InChI=1S/C25H20BrN5O3/c1-14-21-18(30-31-24(32)16-11-17(26)13-27-12-16)7-3-9-20(21)34-23(14)25(33)29-19-8-2-5-15-6-4-10-28-22(15)19/h2,4-6,8,10-13H,3,7,9H2,1H3,(H,29,33)(H,31,32)/b30-18+. The Hall–Kier alpha value is -3.85. The van der Waals surface area contributed by atoms with Gasteiger partial charge in [-0.1, -0.05) is 18.2 Å². The highest BCUT2D eigenvalue weighted by Crippen LogP contribution is 2.31. The summed E-state index contributed by atoms with van der Waals surface area (Å²) in [6.45, 7) is 1.83. The molecule has 0 saturated heterocycles. The van der Waals surface area contributed by atoms with Crippen LogP contribution in [0.25, 0.3) is 10.9 Å². The Labute approximate surface area is 203 Å². The molecule has 0 spiro atoms. The predicted molar refractivity (Wildman–Crippen MR) is 132 cm³/mol. The van der Waals surface area contributed by atoms with Gasteiger partial charge in [-0.3, -0.25) is 19.6 Å². The van der Waals surface area contributed by atoms with Crippen molar-refractivity contribution in [1.82, 2.24) is 15.4 Å². The van der Waals surface area contributed by atoms with Gasteiger partial charge in [-0.2, -0.15) is 5.10 Å². The number of anilines is 1. The fraction of sp³-hybridized carbons (Fsp3) is 0.160. The van der Waals surface area contributed by atoms with Gasteiger partial charge >= 0.3 is 0 Å². The molecule has 0 atom stereocenters. The van der Waals surface area contributed by atoms with Gasteiger partial charge in [-0.25, -0.2) is 5.43 Å². The lowest BCUT2D eigenvalue weighted by molar-refractivity contribution is 0.0953. The molecule has 0 aliphatic heterocycles. The predicted octanol–water partition coefficient (Wildman–Crippen LogP) is 5.02. The number of carbonyl (C=O) groups excluding carboxylic acids is 2. The summed E-state index contributed by atoms with van der Waals surface area (Å²) in [4.78, 5) is 34.0. The molecule has 34 heavy (non-hydrogen) atoms. The van der Waals surface area contributed by atoms with Crippen LogP contribution < -0.4 is 10.7 Å². The summed E-state index contributed by atoms with van der Waals surface area (Å²) in [6, 6.07) is 11.1. The number of para-hydroxylation sites is 1. The number of hydrazone groups is 1. The minimum atomic E-state index is -0.365. The Kier molecular flexibility index (Phi) is 5.93. The zero-order valence-corrected chi connectivity index (χ0v) is 19.8. The number of benzene rings is 1. The number of aryl methyl sites for hydroxylation is 1. The quantitative estimate of drug-likeness (QED) is 0.369. The maximum absolute atomic E-state index is 13.1. The summed E-state index contributed by atoms with van der Waals surface area (Å²) in [5.41, 5.74) is 6.47. The van der Waals surface area contributed by atoms with Crippen LogP contribution in [-0.2, 0) is 6.42 Å². The smallest absolute Gasteiger partial charge is 0.291 e. The summed E-state index contributed by atoms with van der Waals surface area (Å²) >= 11 is 3.31. The van der Waals surface area contributed by atoms with Crippen LogP contribution in [0.4, 0.5) is 5.69 Å². The molecular weight excluding hydrogens is 498 g/mol. The number of halogens is 1. The normalized spacial score (nSPS) is 14.1. The number of pyridine rings is 2. The van der Waals surface area contributed by atoms with Crippen LogP contribution in [-0.4, -0.2) is 27.5 Å². The molecule has 0 unspecified atom stereocenters. The molecule has 2 N–H and O–H groups in total. The summed E-state index contributed by atoms with van der Waals surface area (Å²) in [6.07, 6.45) is 6.93.